The summed E-state index contributed by atoms with van der Waals surface area (Å²) in [6.45, 7) is 1.82. The Morgan fingerprint density at radius 1 is 1.52 bits per heavy atom. The molecule has 1 saturated heterocycles. The number of nitrogens with one attached hydrogen (secondary N) is 2. The van der Waals surface area contributed by atoms with Gasteiger partial charge in [0.1, 0.15) is 5.70 Å². The zero-order valence-corrected chi connectivity index (χ0v) is 14.0. The molecule has 1 aromatic heterocycles. The van der Waals surface area contributed by atoms with Crippen LogP contribution in [-0.2, 0) is 19.4 Å². The van der Waals surface area contributed by atoms with Gasteiger partial charge in [0.05, 0.1) is 23.2 Å². The molecule has 1 atom stereocenters. The molecule has 0 aromatic carbocycles. The molecule has 2 aliphatic rings. The SMILES string of the molecule is Cc1csc(NC(=O)C2=CCC(=O)N([C@@H]3CCS(=O)(=O)C3)N2)n1. The lowest BCUT2D eigenvalue weighted by Gasteiger charge is -2.32. The van der Waals surface area contributed by atoms with Crippen molar-refractivity contribution in [2.75, 3.05) is 16.8 Å². The van der Waals surface area contributed by atoms with Crippen LogP contribution in [0.3, 0.4) is 0 Å². The molecule has 10 heteroatoms. The first-order valence-electron chi connectivity index (χ1n) is 7.07. The van der Waals surface area contributed by atoms with Gasteiger partial charge in [-0.15, -0.1) is 11.3 Å². The first kappa shape index (κ1) is 15.9. The van der Waals surface area contributed by atoms with Crippen LogP contribution in [0.4, 0.5) is 5.13 Å². The minimum Gasteiger partial charge on any atom is -0.297 e. The average molecular weight is 356 g/mol. The zero-order chi connectivity index (χ0) is 16.6. The molecule has 1 fully saturated rings. The molecule has 2 aliphatic heterocycles. The molecule has 0 radical (unpaired) electrons. The highest BCUT2D eigenvalue weighted by Gasteiger charge is 2.37. The minimum absolute atomic E-state index is 0.0587. The average Bonchev–Trinajstić information content (AvgIpc) is 3.05. The van der Waals surface area contributed by atoms with Crippen molar-refractivity contribution in [2.24, 2.45) is 0 Å². The van der Waals surface area contributed by atoms with E-state index in [1.54, 1.807) is 0 Å². The summed E-state index contributed by atoms with van der Waals surface area (Å²) in [6, 6.07) is -0.439. The third-order valence-electron chi connectivity index (χ3n) is 3.65. The number of carbonyl (C=O) groups is 2. The van der Waals surface area contributed by atoms with Gasteiger partial charge < -0.3 is 0 Å². The van der Waals surface area contributed by atoms with Crippen LogP contribution < -0.4 is 10.7 Å². The van der Waals surface area contributed by atoms with Gasteiger partial charge in [-0.1, -0.05) is 0 Å². The lowest BCUT2D eigenvalue weighted by molar-refractivity contribution is -0.136. The predicted molar refractivity (Wildman–Crippen MR) is 85.2 cm³/mol. The summed E-state index contributed by atoms with van der Waals surface area (Å²) in [5.74, 6) is -0.662. The number of hydrogen-bond donors (Lipinski definition) is 2. The maximum atomic E-state index is 12.2. The van der Waals surface area contributed by atoms with Crippen LogP contribution in [0.15, 0.2) is 17.2 Å². The maximum absolute atomic E-state index is 12.2. The van der Waals surface area contributed by atoms with Gasteiger partial charge in [-0.2, -0.15) is 0 Å². The van der Waals surface area contributed by atoms with E-state index in [2.05, 4.69) is 15.7 Å². The molecule has 3 heterocycles. The summed E-state index contributed by atoms with van der Waals surface area (Å²) in [5, 5.41) is 6.22. The van der Waals surface area contributed by atoms with E-state index in [4.69, 9.17) is 0 Å². The summed E-state index contributed by atoms with van der Waals surface area (Å²) in [7, 11) is -3.11. The van der Waals surface area contributed by atoms with Crippen LogP contribution in [0.2, 0.25) is 0 Å². The molecule has 2 amide bonds. The molecule has 0 saturated carbocycles. The van der Waals surface area contributed by atoms with E-state index >= 15 is 0 Å². The number of aryl methyl sites for hydroxylation is 1. The van der Waals surface area contributed by atoms with Crippen molar-refractivity contribution >= 4 is 38.1 Å². The molecular formula is C13H16N4O4S2. The molecule has 124 valence electrons. The molecule has 0 bridgehead atoms. The molecular weight excluding hydrogens is 340 g/mol. The van der Waals surface area contributed by atoms with Crippen molar-refractivity contribution in [2.45, 2.75) is 25.8 Å². The van der Waals surface area contributed by atoms with Crippen LogP contribution in [0.5, 0.6) is 0 Å². The van der Waals surface area contributed by atoms with Crippen molar-refractivity contribution in [3.05, 3.63) is 22.8 Å². The first-order chi connectivity index (χ1) is 10.8. The highest BCUT2D eigenvalue weighted by Crippen LogP contribution is 2.21. The number of anilines is 1. The Bertz CT molecular complexity index is 784. The van der Waals surface area contributed by atoms with Gasteiger partial charge in [-0.25, -0.2) is 13.4 Å². The van der Waals surface area contributed by atoms with Crippen molar-refractivity contribution in [1.29, 1.82) is 0 Å². The number of carbonyl (C=O) groups excluding carboxylic acids is 2. The molecule has 8 nitrogen and oxygen atoms in total. The van der Waals surface area contributed by atoms with Crippen LogP contribution >= 0.6 is 11.3 Å². The molecule has 3 rings (SSSR count). The van der Waals surface area contributed by atoms with Gasteiger partial charge in [-0.3, -0.25) is 25.3 Å². The smallest absolute Gasteiger partial charge is 0.275 e. The number of hydrazine groups is 1. The van der Waals surface area contributed by atoms with E-state index in [0.29, 0.717) is 11.6 Å². The second kappa shape index (κ2) is 5.93. The van der Waals surface area contributed by atoms with E-state index < -0.39 is 21.8 Å². The Labute approximate surface area is 137 Å². The van der Waals surface area contributed by atoms with Crippen LogP contribution in [0.25, 0.3) is 0 Å². The van der Waals surface area contributed by atoms with Gasteiger partial charge in [0.15, 0.2) is 15.0 Å². The number of amides is 2. The summed E-state index contributed by atoms with van der Waals surface area (Å²) in [4.78, 5) is 28.4. The van der Waals surface area contributed by atoms with Crippen molar-refractivity contribution in [3.8, 4) is 0 Å². The van der Waals surface area contributed by atoms with Crippen LogP contribution in [0, 0.1) is 6.92 Å². The first-order valence-corrected chi connectivity index (χ1v) is 9.77. The summed E-state index contributed by atoms with van der Waals surface area (Å²) in [6.07, 6.45) is 1.93. The Hall–Kier alpha value is -1.94. The van der Waals surface area contributed by atoms with Crippen LogP contribution in [-0.4, -0.2) is 47.8 Å². The van der Waals surface area contributed by atoms with E-state index in [1.807, 2.05) is 12.3 Å². The zero-order valence-electron chi connectivity index (χ0n) is 12.4. The Morgan fingerprint density at radius 3 is 2.91 bits per heavy atom. The molecule has 0 spiro atoms. The highest BCUT2D eigenvalue weighted by atomic mass is 32.2. The molecule has 1 aromatic rings. The van der Waals surface area contributed by atoms with Gasteiger partial charge in [0, 0.05) is 11.8 Å². The number of rotatable bonds is 3. The molecule has 23 heavy (non-hydrogen) atoms. The van der Waals surface area contributed by atoms with Crippen LogP contribution in [0.1, 0.15) is 18.5 Å². The van der Waals surface area contributed by atoms with Crippen molar-refractivity contribution < 1.29 is 18.0 Å². The second-order valence-electron chi connectivity index (χ2n) is 5.50. The lowest BCUT2D eigenvalue weighted by atomic mass is 10.2. The molecule has 0 unspecified atom stereocenters. The number of thiazole rings is 1. The quantitative estimate of drug-likeness (QED) is 0.801. The van der Waals surface area contributed by atoms with E-state index in [9.17, 15) is 18.0 Å². The fourth-order valence-corrected chi connectivity index (χ4v) is 4.90. The summed E-state index contributed by atoms with van der Waals surface area (Å²) >= 11 is 1.31. The van der Waals surface area contributed by atoms with E-state index in [-0.39, 0.29) is 29.5 Å². The Kier molecular flexibility index (Phi) is 4.11. The van der Waals surface area contributed by atoms with Crippen molar-refractivity contribution in [3.63, 3.8) is 0 Å². The molecule has 0 aliphatic carbocycles. The predicted octanol–water partition coefficient (Wildman–Crippen LogP) is 0.198. The Balaban J connectivity index is 1.69. The number of nitrogens with zero attached hydrogens (tertiary/aromatic N) is 2. The number of hydrogen-bond acceptors (Lipinski definition) is 7. The van der Waals surface area contributed by atoms with Gasteiger partial charge >= 0.3 is 0 Å². The van der Waals surface area contributed by atoms with E-state index in [1.165, 1.54) is 22.4 Å². The topological polar surface area (TPSA) is 108 Å². The fraction of sp³-hybridized carbons (Fsp3) is 0.462. The second-order valence-corrected chi connectivity index (χ2v) is 8.59. The van der Waals surface area contributed by atoms with Gasteiger partial charge in [0.2, 0.25) is 5.91 Å². The Morgan fingerprint density at radius 2 is 2.30 bits per heavy atom. The third kappa shape index (κ3) is 3.53. The van der Waals surface area contributed by atoms with Crippen molar-refractivity contribution in [1.82, 2.24) is 15.4 Å². The number of aromatic nitrogens is 1. The minimum atomic E-state index is -3.11. The standard InChI is InChI=1S/C13H16N4O4S2/c1-8-6-22-13(14-8)15-12(19)10-2-3-11(18)17(16-10)9-4-5-23(20,21)7-9/h2,6,9,16H,3-5,7H2,1H3,(H,14,15,19)/t9-/m1/s1. The lowest BCUT2D eigenvalue weighted by Crippen LogP contribution is -2.53. The van der Waals surface area contributed by atoms with E-state index in [0.717, 1.165) is 5.69 Å². The summed E-state index contributed by atoms with van der Waals surface area (Å²) in [5.41, 5.74) is 3.79. The van der Waals surface area contributed by atoms with Gasteiger partial charge in [0.25, 0.3) is 5.91 Å². The third-order valence-corrected chi connectivity index (χ3v) is 6.27. The molecule has 2 N–H and O–H groups in total. The van der Waals surface area contributed by atoms with Gasteiger partial charge in [-0.05, 0) is 19.4 Å². The summed E-state index contributed by atoms with van der Waals surface area (Å²) < 4.78 is 23.2. The monoisotopic (exact) mass is 356 g/mol. The highest BCUT2D eigenvalue weighted by molar-refractivity contribution is 7.91. The number of sulfone groups is 1. The maximum Gasteiger partial charge on any atom is 0.275 e. The normalized spacial score (nSPS) is 23.3. The fourth-order valence-electron chi connectivity index (χ4n) is 2.52. The largest absolute Gasteiger partial charge is 0.297 e.